The van der Waals surface area contributed by atoms with Crippen LogP contribution in [-0.2, 0) is 4.79 Å². The Morgan fingerprint density at radius 2 is 1.75 bits per heavy atom. The molecule has 0 bridgehead atoms. The molecule has 0 aliphatic rings. The van der Waals surface area contributed by atoms with Gasteiger partial charge in [-0.2, -0.15) is 4.98 Å². The van der Waals surface area contributed by atoms with Gasteiger partial charge in [-0.25, -0.2) is 0 Å². The fourth-order valence-corrected chi connectivity index (χ4v) is 2.51. The monoisotopic (exact) mass is 381 g/mol. The highest BCUT2D eigenvalue weighted by molar-refractivity contribution is 5.97. The summed E-state index contributed by atoms with van der Waals surface area (Å²) in [5, 5.41) is 7.00. The van der Waals surface area contributed by atoms with E-state index in [1.165, 1.54) is 0 Å². The maximum atomic E-state index is 12.4. The van der Waals surface area contributed by atoms with Gasteiger partial charge in [-0.05, 0) is 30.3 Å². The Labute approximate surface area is 163 Å². The quantitative estimate of drug-likeness (QED) is 0.705. The van der Waals surface area contributed by atoms with E-state index in [4.69, 9.17) is 14.0 Å². The van der Waals surface area contributed by atoms with Crippen LogP contribution in [0.5, 0.6) is 11.5 Å². The lowest BCUT2D eigenvalue weighted by molar-refractivity contribution is -0.123. The number of amides is 1. The average molecular weight is 381 g/mol. The van der Waals surface area contributed by atoms with Crippen molar-refractivity contribution in [2.75, 3.05) is 19.5 Å². The van der Waals surface area contributed by atoms with Crippen molar-refractivity contribution < 1.29 is 18.8 Å². The van der Waals surface area contributed by atoms with Gasteiger partial charge in [0.1, 0.15) is 0 Å². The van der Waals surface area contributed by atoms with E-state index in [1.807, 2.05) is 45.0 Å². The van der Waals surface area contributed by atoms with Crippen LogP contribution < -0.4 is 14.8 Å². The van der Waals surface area contributed by atoms with Gasteiger partial charge < -0.3 is 19.3 Å². The van der Waals surface area contributed by atoms with Crippen molar-refractivity contribution >= 4 is 11.6 Å². The summed E-state index contributed by atoms with van der Waals surface area (Å²) in [6.07, 6.45) is 0. The number of rotatable bonds is 5. The molecule has 3 aromatic rings. The number of hydrogen-bond donors (Lipinski definition) is 1. The molecule has 1 amide bonds. The van der Waals surface area contributed by atoms with Crippen LogP contribution in [0.3, 0.4) is 0 Å². The van der Waals surface area contributed by atoms with Crippen molar-refractivity contribution in [2.24, 2.45) is 5.41 Å². The second-order valence-corrected chi connectivity index (χ2v) is 7.24. The van der Waals surface area contributed by atoms with Crippen molar-refractivity contribution in [3.8, 4) is 34.3 Å². The summed E-state index contributed by atoms with van der Waals surface area (Å²) >= 11 is 0. The van der Waals surface area contributed by atoms with E-state index in [0.717, 1.165) is 5.56 Å². The van der Waals surface area contributed by atoms with Crippen LogP contribution in [0.2, 0.25) is 0 Å². The first kappa shape index (κ1) is 19.4. The van der Waals surface area contributed by atoms with E-state index in [0.29, 0.717) is 34.5 Å². The minimum absolute atomic E-state index is 0.0976. The minimum atomic E-state index is -0.521. The molecule has 7 nitrogen and oxygen atoms in total. The number of hydrogen-bond acceptors (Lipinski definition) is 6. The van der Waals surface area contributed by atoms with Gasteiger partial charge >= 0.3 is 0 Å². The fourth-order valence-electron chi connectivity index (χ4n) is 2.51. The van der Waals surface area contributed by atoms with Crippen LogP contribution in [0.25, 0.3) is 22.8 Å². The van der Waals surface area contributed by atoms with Crippen molar-refractivity contribution in [1.29, 1.82) is 0 Å². The lowest BCUT2D eigenvalue weighted by Gasteiger charge is -2.18. The highest BCUT2D eigenvalue weighted by Crippen LogP contribution is 2.33. The average Bonchev–Trinajstić information content (AvgIpc) is 3.17. The van der Waals surface area contributed by atoms with Crippen LogP contribution in [0, 0.1) is 5.41 Å². The normalized spacial score (nSPS) is 11.2. The largest absolute Gasteiger partial charge is 0.493 e. The first-order valence-electron chi connectivity index (χ1n) is 8.80. The zero-order valence-corrected chi connectivity index (χ0v) is 16.6. The molecule has 0 saturated carbocycles. The molecule has 0 aliphatic heterocycles. The third-order valence-corrected chi connectivity index (χ3v) is 4.15. The summed E-state index contributed by atoms with van der Waals surface area (Å²) in [5.74, 6) is 1.82. The molecule has 2 aromatic carbocycles. The molecule has 146 valence electrons. The van der Waals surface area contributed by atoms with Crippen LogP contribution in [0.1, 0.15) is 20.8 Å². The highest BCUT2D eigenvalue weighted by Gasteiger charge is 2.23. The Morgan fingerprint density at radius 3 is 2.43 bits per heavy atom. The third kappa shape index (κ3) is 3.98. The Hall–Kier alpha value is -3.35. The first-order chi connectivity index (χ1) is 13.3. The number of ether oxygens (including phenoxy) is 2. The maximum absolute atomic E-state index is 12.4. The van der Waals surface area contributed by atoms with E-state index in [2.05, 4.69) is 15.5 Å². The molecule has 28 heavy (non-hydrogen) atoms. The maximum Gasteiger partial charge on any atom is 0.260 e. The number of aromatic nitrogens is 2. The Morgan fingerprint density at radius 1 is 1.04 bits per heavy atom. The summed E-state index contributed by atoms with van der Waals surface area (Å²) in [6.45, 7) is 5.56. The first-order valence-corrected chi connectivity index (χ1v) is 8.80. The molecule has 0 spiro atoms. The fraction of sp³-hybridized carbons (Fsp3) is 0.286. The molecule has 0 aliphatic carbocycles. The molecular formula is C21H23N3O4. The Kier molecular flexibility index (Phi) is 5.35. The number of carbonyl (C=O) groups is 1. The van der Waals surface area contributed by atoms with Gasteiger partial charge in [0, 0.05) is 11.0 Å². The number of carbonyl (C=O) groups excluding carboxylic acids is 1. The van der Waals surface area contributed by atoms with Gasteiger partial charge in [0.25, 0.3) is 5.89 Å². The number of nitrogens with one attached hydrogen (secondary N) is 1. The zero-order chi connectivity index (χ0) is 20.3. The van der Waals surface area contributed by atoms with E-state index >= 15 is 0 Å². The molecule has 1 aromatic heterocycles. The van der Waals surface area contributed by atoms with E-state index in [-0.39, 0.29) is 5.91 Å². The third-order valence-electron chi connectivity index (χ3n) is 4.15. The smallest absolute Gasteiger partial charge is 0.260 e. The zero-order valence-electron chi connectivity index (χ0n) is 16.6. The number of anilines is 1. The predicted molar refractivity (Wildman–Crippen MR) is 106 cm³/mol. The standard InChI is InChI=1S/C21H23N3O4/c1-21(2,3)20(25)22-15-9-7-6-8-14(15)19-23-18(24-28-19)13-10-11-16(26-4)17(12-13)27-5/h6-12H,1-5H3,(H,22,25). The van der Waals surface area contributed by atoms with E-state index < -0.39 is 5.41 Å². The van der Waals surface area contributed by atoms with Gasteiger partial charge in [0.15, 0.2) is 11.5 Å². The summed E-state index contributed by atoms with van der Waals surface area (Å²) in [4.78, 5) is 16.9. The SMILES string of the molecule is COc1ccc(-c2noc(-c3ccccc3NC(=O)C(C)(C)C)n2)cc1OC. The van der Waals surface area contributed by atoms with Gasteiger partial charge in [-0.3, -0.25) is 4.79 Å². The molecule has 7 heteroatoms. The minimum Gasteiger partial charge on any atom is -0.493 e. The Balaban J connectivity index is 1.94. The van der Waals surface area contributed by atoms with Gasteiger partial charge in [-0.15, -0.1) is 0 Å². The lowest BCUT2D eigenvalue weighted by Crippen LogP contribution is -2.27. The van der Waals surface area contributed by atoms with Gasteiger partial charge in [-0.1, -0.05) is 38.1 Å². The van der Waals surface area contributed by atoms with Gasteiger partial charge in [0.05, 0.1) is 25.5 Å². The summed E-state index contributed by atoms with van der Waals surface area (Å²) < 4.78 is 16.0. The molecule has 0 fully saturated rings. The van der Waals surface area contributed by atoms with Gasteiger partial charge in [0.2, 0.25) is 11.7 Å². The lowest BCUT2D eigenvalue weighted by atomic mass is 9.95. The predicted octanol–water partition coefficient (Wildman–Crippen LogP) is 4.41. The molecule has 1 N–H and O–H groups in total. The topological polar surface area (TPSA) is 86.5 Å². The highest BCUT2D eigenvalue weighted by atomic mass is 16.5. The molecular weight excluding hydrogens is 358 g/mol. The molecule has 0 unspecified atom stereocenters. The number of nitrogens with zero attached hydrogens (tertiary/aromatic N) is 2. The number of para-hydroxylation sites is 1. The van der Waals surface area contributed by atoms with Crippen LogP contribution in [-0.4, -0.2) is 30.3 Å². The van der Waals surface area contributed by atoms with Crippen molar-refractivity contribution in [3.05, 3.63) is 42.5 Å². The summed E-state index contributed by atoms with van der Waals surface area (Å²) in [5.41, 5.74) is 1.47. The molecule has 0 saturated heterocycles. The second-order valence-electron chi connectivity index (χ2n) is 7.24. The summed E-state index contributed by atoms with van der Waals surface area (Å²) in [6, 6.07) is 12.7. The Bertz CT molecular complexity index is 989. The molecule has 0 radical (unpaired) electrons. The summed E-state index contributed by atoms with van der Waals surface area (Å²) in [7, 11) is 3.14. The van der Waals surface area contributed by atoms with E-state index in [9.17, 15) is 4.79 Å². The van der Waals surface area contributed by atoms with Crippen molar-refractivity contribution in [1.82, 2.24) is 10.1 Å². The van der Waals surface area contributed by atoms with Crippen molar-refractivity contribution in [2.45, 2.75) is 20.8 Å². The van der Waals surface area contributed by atoms with Crippen molar-refractivity contribution in [3.63, 3.8) is 0 Å². The molecule has 0 atom stereocenters. The van der Waals surface area contributed by atoms with Crippen LogP contribution in [0.4, 0.5) is 5.69 Å². The van der Waals surface area contributed by atoms with E-state index in [1.54, 1.807) is 32.4 Å². The van der Waals surface area contributed by atoms with Crippen LogP contribution in [0.15, 0.2) is 47.0 Å². The van der Waals surface area contributed by atoms with Crippen LogP contribution >= 0.6 is 0 Å². The second kappa shape index (κ2) is 7.72. The number of methoxy groups -OCH3 is 2. The molecule has 1 heterocycles. The molecule has 3 rings (SSSR count). The number of benzene rings is 2.